The number of carbonyl (C=O) groups is 1. The zero-order chi connectivity index (χ0) is 12.3. The number of rotatable bonds is 3. The molecule has 2 aromatic rings. The molecule has 0 bridgehead atoms. The summed E-state index contributed by atoms with van der Waals surface area (Å²) in [5, 5.41) is 0. The summed E-state index contributed by atoms with van der Waals surface area (Å²) in [5.41, 5.74) is 7.45. The highest BCUT2D eigenvalue weighted by Gasteiger charge is 2.10. The van der Waals surface area contributed by atoms with Gasteiger partial charge in [0.1, 0.15) is 5.75 Å². The summed E-state index contributed by atoms with van der Waals surface area (Å²) in [4.78, 5) is 15.3. The zero-order valence-electron chi connectivity index (χ0n) is 9.38. The number of hydrogen-bond acceptors (Lipinski definition) is 3. The molecule has 0 saturated heterocycles. The van der Waals surface area contributed by atoms with Gasteiger partial charge in [-0.05, 0) is 41.5 Å². The minimum absolute atomic E-state index is 0.459. The second-order valence-electron chi connectivity index (χ2n) is 3.51. The summed E-state index contributed by atoms with van der Waals surface area (Å²) < 4.78 is 5.14. The molecule has 1 aromatic heterocycles. The SMILES string of the molecule is COc1ccc(C(N)=O)c(-c2ccncc2)c1. The second-order valence-corrected chi connectivity index (χ2v) is 3.51. The first kappa shape index (κ1) is 11.1. The fraction of sp³-hybridized carbons (Fsp3) is 0.0769. The highest BCUT2D eigenvalue weighted by atomic mass is 16.5. The molecule has 0 spiro atoms. The van der Waals surface area contributed by atoms with Crippen LogP contribution in [0.2, 0.25) is 0 Å². The molecule has 0 atom stereocenters. The van der Waals surface area contributed by atoms with E-state index in [1.165, 1.54) is 0 Å². The minimum Gasteiger partial charge on any atom is -0.497 e. The van der Waals surface area contributed by atoms with Crippen molar-refractivity contribution in [2.75, 3.05) is 7.11 Å². The van der Waals surface area contributed by atoms with Gasteiger partial charge in [0.15, 0.2) is 0 Å². The standard InChI is InChI=1S/C13H12N2O2/c1-17-10-2-3-11(13(14)16)12(8-10)9-4-6-15-7-5-9/h2-8H,1H3,(H2,14,16). The Morgan fingerprint density at radius 1 is 1.24 bits per heavy atom. The Morgan fingerprint density at radius 2 is 1.94 bits per heavy atom. The van der Waals surface area contributed by atoms with Crippen molar-refractivity contribution in [1.29, 1.82) is 0 Å². The van der Waals surface area contributed by atoms with Gasteiger partial charge in [-0.2, -0.15) is 0 Å². The largest absolute Gasteiger partial charge is 0.497 e. The molecule has 4 heteroatoms. The van der Waals surface area contributed by atoms with Gasteiger partial charge < -0.3 is 10.5 Å². The van der Waals surface area contributed by atoms with Crippen LogP contribution in [0.3, 0.4) is 0 Å². The molecule has 1 heterocycles. The summed E-state index contributed by atoms with van der Waals surface area (Å²) in [7, 11) is 1.58. The van der Waals surface area contributed by atoms with E-state index in [9.17, 15) is 4.79 Å². The fourth-order valence-corrected chi connectivity index (χ4v) is 1.64. The molecule has 17 heavy (non-hydrogen) atoms. The number of nitrogens with two attached hydrogens (primary N) is 1. The topological polar surface area (TPSA) is 65.2 Å². The molecular formula is C13H12N2O2. The number of hydrogen-bond donors (Lipinski definition) is 1. The molecule has 1 amide bonds. The summed E-state index contributed by atoms with van der Waals surface area (Å²) >= 11 is 0. The minimum atomic E-state index is -0.459. The number of benzene rings is 1. The molecule has 0 unspecified atom stereocenters. The van der Waals surface area contributed by atoms with Crippen LogP contribution in [-0.4, -0.2) is 18.0 Å². The van der Waals surface area contributed by atoms with Crippen molar-refractivity contribution in [2.24, 2.45) is 5.73 Å². The number of methoxy groups -OCH3 is 1. The zero-order valence-corrected chi connectivity index (χ0v) is 9.38. The Labute approximate surface area is 99.1 Å². The van der Waals surface area contributed by atoms with E-state index in [1.807, 2.05) is 12.1 Å². The lowest BCUT2D eigenvalue weighted by atomic mass is 10.00. The van der Waals surface area contributed by atoms with Crippen molar-refractivity contribution in [3.05, 3.63) is 48.3 Å². The molecular weight excluding hydrogens is 216 g/mol. The molecule has 0 aliphatic rings. The van der Waals surface area contributed by atoms with Crippen LogP contribution in [0.5, 0.6) is 5.75 Å². The first-order valence-corrected chi connectivity index (χ1v) is 5.10. The van der Waals surface area contributed by atoms with Gasteiger partial charge in [0.05, 0.1) is 7.11 Å². The Morgan fingerprint density at radius 3 is 2.53 bits per heavy atom. The summed E-state index contributed by atoms with van der Waals surface area (Å²) in [6.45, 7) is 0. The van der Waals surface area contributed by atoms with Gasteiger partial charge in [-0.25, -0.2) is 0 Å². The van der Waals surface area contributed by atoms with Crippen LogP contribution < -0.4 is 10.5 Å². The predicted molar refractivity (Wildman–Crippen MR) is 64.7 cm³/mol. The van der Waals surface area contributed by atoms with Crippen LogP contribution >= 0.6 is 0 Å². The van der Waals surface area contributed by atoms with Crippen LogP contribution in [0.25, 0.3) is 11.1 Å². The molecule has 0 aliphatic heterocycles. The fourth-order valence-electron chi connectivity index (χ4n) is 1.64. The van der Waals surface area contributed by atoms with Gasteiger partial charge in [-0.1, -0.05) is 0 Å². The van der Waals surface area contributed by atoms with E-state index in [1.54, 1.807) is 37.7 Å². The van der Waals surface area contributed by atoms with Gasteiger partial charge in [-0.15, -0.1) is 0 Å². The predicted octanol–water partition coefficient (Wildman–Crippen LogP) is 1.86. The highest BCUT2D eigenvalue weighted by Crippen LogP contribution is 2.27. The lowest BCUT2D eigenvalue weighted by Gasteiger charge is -2.09. The maximum Gasteiger partial charge on any atom is 0.249 e. The van der Waals surface area contributed by atoms with Crippen LogP contribution in [0.4, 0.5) is 0 Å². The van der Waals surface area contributed by atoms with Gasteiger partial charge in [0, 0.05) is 18.0 Å². The molecule has 0 radical (unpaired) electrons. The van der Waals surface area contributed by atoms with Crippen molar-refractivity contribution in [3.8, 4) is 16.9 Å². The average Bonchev–Trinajstić information content (AvgIpc) is 2.39. The normalized spacial score (nSPS) is 9.94. The molecule has 1 aromatic carbocycles. The molecule has 86 valence electrons. The third kappa shape index (κ3) is 2.25. The van der Waals surface area contributed by atoms with Crippen LogP contribution in [-0.2, 0) is 0 Å². The van der Waals surface area contributed by atoms with E-state index in [-0.39, 0.29) is 0 Å². The number of aromatic nitrogens is 1. The van der Waals surface area contributed by atoms with E-state index in [4.69, 9.17) is 10.5 Å². The van der Waals surface area contributed by atoms with Crippen molar-refractivity contribution < 1.29 is 9.53 Å². The molecule has 0 aliphatic carbocycles. The van der Waals surface area contributed by atoms with Crippen molar-refractivity contribution >= 4 is 5.91 Å². The second kappa shape index (κ2) is 4.65. The smallest absolute Gasteiger partial charge is 0.249 e. The summed E-state index contributed by atoms with van der Waals surface area (Å²) in [6, 6.07) is 8.81. The van der Waals surface area contributed by atoms with Crippen LogP contribution in [0, 0.1) is 0 Å². The van der Waals surface area contributed by atoms with Gasteiger partial charge >= 0.3 is 0 Å². The lowest BCUT2D eigenvalue weighted by Crippen LogP contribution is -2.12. The third-order valence-electron chi connectivity index (χ3n) is 2.48. The molecule has 0 saturated carbocycles. The van der Waals surface area contributed by atoms with Crippen molar-refractivity contribution in [1.82, 2.24) is 4.98 Å². The lowest BCUT2D eigenvalue weighted by molar-refractivity contribution is 0.100. The van der Waals surface area contributed by atoms with Gasteiger partial charge in [0.2, 0.25) is 5.91 Å². The monoisotopic (exact) mass is 228 g/mol. The number of carbonyl (C=O) groups excluding carboxylic acids is 1. The van der Waals surface area contributed by atoms with Crippen LogP contribution in [0.1, 0.15) is 10.4 Å². The van der Waals surface area contributed by atoms with E-state index in [2.05, 4.69) is 4.98 Å². The summed E-state index contributed by atoms with van der Waals surface area (Å²) in [5.74, 6) is 0.223. The molecule has 2 rings (SSSR count). The maximum absolute atomic E-state index is 11.4. The van der Waals surface area contributed by atoms with Gasteiger partial charge in [-0.3, -0.25) is 9.78 Å². The Hall–Kier alpha value is -2.36. The average molecular weight is 228 g/mol. The number of amides is 1. The van der Waals surface area contributed by atoms with E-state index in [0.717, 1.165) is 11.1 Å². The summed E-state index contributed by atoms with van der Waals surface area (Å²) in [6.07, 6.45) is 3.33. The first-order chi connectivity index (χ1) is 8.22. The van der Waals surface area contributed by atoms with E-state index < -0.39 is 5.91 Å². The highest BCUT2D eigenvalue weighted by molar-refractivity contribution is 6.00. The van der Waals surface area contributed by atoms with Crippen LogP contribution in [0.15, 0.2) is 42.7 Å². The van der Waals surface area contributed by atoms with E-state index in [0.29, 0.717) is 11.3 Å². The third-order valence-corrected chi connectivity index (χ3v) is 2.48. The molecule has 2 N–H and O–H groups in total. The maximum atomic E-state index is 11.4. The van der Waals surface area contributed by atoms with Crippen molar-refractivity contribution in [2.45, 2.75) is 0 Å². The van der Waals surface area contributed by atoms with E-state index >= 15 is 0 Å². The molecule has 4 nitrogen and oxygen atoms in total. The first-order valence-electron chi connectivity index (χ1n) is 5.10. The number of pyridine rings is 1. The van der Waals surface area contributed by atoms with Crippen molar-refractivity contribution in [3.63, 3.8) is 0 Å². The van der Waals surface area contributed by atoms with Gasteiger partial charge in [0.25, 0.3) is 0 Å². The molecule has 0 fully saturated rings. The quantitative estimate of drug-likeness (QED) is 0.871. The number of ether oxygens (including phenoxy) is 1. The number of nitrogens with zero attached hydrogens (tertiary/aromatic N) is 1. The Kier molecular flexibility index (Phi) is 3.05. The Balaban J connectivity index is 2.61. The number of primary amides is 1. The Bertz CT molecular complexity index is 538.